The van der Waals surface area contributed by atoms with Crippen LogP contribution >= 0.6 is 0 Å². The molecule has 0 unspecified atom stereocenters. The Labute approximate surface area is 195 Å². The van der Waals surface area contributed by atoms with Crippen molar-refractivity contribution >= 4 is 34.4 Å². The highest BCUT2D eigenvalue weighted by Gasteiger charge is 2.35. The molecule has 34 heavy (non-hydrogen) atoms. The van der Waals surface area contributed by atoms with Crippen LogP contribution in [0.3, 0.4) is 0 Å². The number of fused-ring (bicyclic) bond motifs is 1. The van der Waals surface area contributed by atoms with Crippen molar-refractivity contribution in [1.82, 2.24) is 0 Å². The largest absolute Gasteiger partial charge is 0.418 e. The summed E-state index contributed by atoms with van der Waals surface area (Å²) in [5.41, 5.74) is 0.473. The van der Waals surface area contributed by atoms with Crippen molar-refractivity contribution in [3.05, 3.63) is 59.4 Å². The summed E-state index contributed by atoms with van der Waals surface area (Å²) in [6.07, 6.45) is -5.37. The Hall–Kier alpha value is -4.00. The van der Waals surface area contributed by atoms with Crippen LogP contribution in [0.4, 0.5) is 35.9 Å². The number of alkyl halides is 3. The van der Waals surface area contributed by atoms with Crippen molar-refractivity contribution in [3.8, 4) is 6.07 Å². The summed E-state index contributed by atoms with van der Waals surface area (Å²) >= 11 is 0. The van der Waals surface area contributed by atoms with E-state index in [-0.39, 0.29) is 24.1 Å². The standard InChI is InChI=1S/C24H24F3N5O2/c1-30(2)15-9-10-18(17(13-15)24(25,26)27)29-22(34)12-11-21(33)16(14-28)23-31(3)19-7-5-6-8-20(19)32(23)4/h5-10,13H,11-12H2,1-4H3,(H,29,34). The normalized spacial score (nSPS) is 12.8. The number of hydrogen-bond donors (Lipinski definition) is 1. The van der Waals surface area contributed by atoms with E-state index in [9.17, 15) is 28.0 Å². The minimum Gasteiger partial charge on any atom is -0.378 e. The van der Waals surface area contributed by atoms with Crippen LogP contribution < -0.4 is 20.0 Å². The van der Waals surface area contributed by atoms with Crippen molar-refractivity contribution in [2.45, 2.75) is 19.0 Å². The van der Waals surface area contributed by atoms with E-state index in [1.807, 2.05) is 30.3 Å². The highest BCUT2D eigenvalue weighted by Crippen LogP contribution is 2.40. The Morgan fingerprint density at radius 1 is 1.03 bits per heavy atom. The lowest BCUT2D eigenvalue weighted by Crippen LogP contribution is -2.26. The smallest absolute Gasteiger partial charge is 0.378 e. The molecule has 178 valence electrons. The Kier molecular flexibility index (Phi) is 6.86. The highest BCUT2D eigenvalue weighted by atomic mass is 19.4. The number of carbonyl (C=O) groups excluding carboxylic acids is 2. The zero-order chi connectivity index (χ0) is 25.2. The van der Waals surface area contributed by atoms with Gasteiger partial charge in [0.05, 0.1) is 22.6 Å². The zero-order valence-electron chi connectivity index (χ0n) is 19.2. The fourth-order valence-electron chi connectivity index (χ4n) is 3.78. The fraction of sp³-hybridized carbons (Fsp3) is 0.292. The maximum atomic E-state index is 13.5. The minimum atomic E-state index is -4.67. The summed E-state index contributed by atoms with van der Waals surface area (Å²) in [4.78, 5) is 30.2. The number of halogens is 3. The van der Waals surface area contributed by atoms with Gasteiger partial charge >= 0.3 is 6.18 Å². The topological polar surface area (TPSA) is 79.7 Å². The molecule has 2 aromatic carbocycles. The lowest BCUT2D eigenvalue weighted by molar-refractivity contribution is -0.137. The number of amides is 1. The average molecular weight is 471 g/mol. The summed E-state index contributed by atoms with van der Waals surface area (Å²) in [5.74, 6) is -0.943. The number of para-hydroxylation sites is 2. The first-order valence-corrected chi connectivity index (χ1v) is 10.4. The second-order valence-corrected chi connectivity index (χ2v) is 8.01. The monoisotopic (exact) mass is 471 g/mol. The van der Waals surface area contributed by atoms with Crippen LogP contribution in [-0.2, 0) is 15.8 Å². The number of carbonyl (C=O) groups is 2. The van der Waals surface area contributed by atoms with Crippen molar-refractivity contribution in [2.24, 2.45) is 0 Å². The molecule has 0 aliphatic carbocycles. The summed E-state index contributed by atoms with van der Waals surface area (Å²) in [7, 11) is 6.67. The predicted molar refractivity (Wildman–Crippen MR) is 125 cm³/mol. The van der Waals surface area contributed by atoms with Gasteiger partial charge in [-0.15, -0.1) is 0 Å². The van der Waals surface area contributed by atoms with E-state index in [1.54, 1.807) is 38.0 Å². The molecular formula is C24H24F3N5O2. The van der Waals surface area contributed by atoms with Crippen LogP contribution in [0.1, 0.15) is 18.4 Å². The molecule has 0 aromatic heterocycles. The van der Waals surface area contributed by atoms with E-state index in [2.05, 4.69) is 5.32 Å². The molecule has 0 fully saturated rings. The van der Waals surface area contributed by atoms with E-state index in [1.165, 1.54) is 17.0 Å². The van der Waals surface area contributed by atoms with Gasteiger partial charge in [0, 0.05) is 46.7 Å². The third-order valence-electron chi connectivity index (χ3n) is 5.53. The number of nitrogens with zero attached hydrogens (tertiary/aromatic N) is 4. The summed E-state index contributed by atoms with van der Waals surface area (Å²) in [5, 5.41) is 11.9. The number of hydrogen-bond acceptors (Lipinski definition) is 6. The van der Waals surface area contributed by atoms with Crippen molar-refractivity contribution < 1.29 is 22.8 Å². The fourth-order valence-corrected chi connectivity index (χ4v) is 3.78. The maximum absolute atomic E-state index is 13.5. The SMILES string of the molecule is CN(C)c1ccc(NC(=O)CCC(=O)C(C#N)=C2N(C)c3ccccc3N2C)c(C(F)(F)F)c1. The highest BCUT2D eigenvalue weighted by molar-refractivity contribution is 6.04. The third-order valence-corrected chi connectivity index (χ3v) is 5.53. The Balaban J connectivity index is 1.75. The molecule has 2 aromatic rings. The number of anilines is 4. The van der Waals surface area contributed by atoms with Gasteiger partial charge in [-0.25, -0.2) is 0 Å². The molecule has 0 saturated carbocycles. The average Bonchev–Trinajstić information content (AvgIpc) is 3.03. The Bertz CT molecular complexity index is 1170. The van der Waals surface area contributed by atoms with Gasteiger partial charge in [-0.3, -0.25) is 9.59 Å². The zero-order valence-corrected chi connectivity index (χ0v) is 19.2. The van der Waals surface area contributed by atoms with Crippen LogP contribution in [0.2, 0.25) is 0 Å². The van der Waals surface area contributed by atoms with Crippen LogP contribution in [-0.4, -0.2) is 39.9 Å². The Morgan fingerprint density at radius 2 is 1.62 bits per heavy atom. The molecule has 1 aliphatic rings. The molecule has 3 rings (SSSR count). The first-order valence-electron chi connectivity index (χ1n) is 10.4. The van der Waals surface area contributed by atoms with Crippen LogP contribution in [0.5, 0.6) is 0 Å². The van der Waals surface area contributed by atoms with Gasteiger partial charge in [-0.2, -0.15) is 18.4 Å². The molecule has 7 nitrogen and oxygen atoms in total. The summed E-state index contributed by atoms with van der Waals surface area (Å²) < 4.78 is 40.5. The number of nitrogens with one attached hydrogen (secondary N) is 1. The van der Waals surface area contributed by atoms with E-state index in [0.717, 1.165) is 17.4 Å². The van der Waals surface area contributed by atoms with E-state index < -0.39 is 23.4 Å². The van der Waals surface area contributed by atoms with Gasteiger partial charge in [-0.05, 0) is 30.3 Å². The predicted octanol–water partition coefficient (Wildman–Crippen LogP) is 4.38. The van der Waals surface area contributed by atoms with Gasteiger partial charge in [0.2, 0.25) is 5.91 Å². The molecule has 0 bridgehead atoms. The minimum absolute atomic E-state index is 0.125. The van der Waals surface area contributed by atoms with E-state index in [4.69, 9.17) is 0 Å². The molecule has 1 N–H and O–H groups in total. The number of nitriles is 1. The van der Waals surface area contributed by atoms with Crippen LogP contribution in [0.15, 0.2) is 53.9 Å². The molecule has 0 spiro atoms. The van der Waals surface area contributed by atoms with E-state index in [0.29, 0.717) is 11.5 Å². The number of benzene rings is 2. The molecule has 0 saturated heterocycles. The molecule has 10 heteroatoms. The van der Waals surface area contributed by atoms with Crippen molar-refractivity contribution in [2.75, 3.05) is 48.2 Å². The molecule has 1 heterocycles. The van der Waals surface area contributed by atoms with Gasteiger partial charge in [0.15, 0.2) is 5.78 Å². The Morgan fingerprint density at radius 3 is 2.12 bits per heavy atom. The van der Waals surface area contributed by atoms with Crippen molar-refractivity contribution in [3.63, 3.8) is 0 Å². The molecular weight excluding hydrogens is 447 g/mol. The van der Waals surface area contributed by atoms with Gasteiger partial charge in [0.1, 0.15) is 17.5 Å². The first-order chi connectivity index (χ1) is 16.0. The second kappa shape index (κ2) is 9.47. The lowest BCUT2D eigenvalue weighted by atomic mass is 10.1. The summed E-state index contributed by atoms with van der Waals surface area (Å²) in [6, 6.07) is 12.9. The number of Topliss-reactive ketones (excluding diaryl/α,β-unsaturated/α-hetero) is 1. The maximum Gasteiger partial charge on any atom is 0.418 e. The number of rotatable bonds is 6. The molecule has 1 aliphatic heterocycles. The number of allylic oxidation sites excluding steroid dienone is 1. The molecule has 1 amide bonds. The van der Waals surface area contributed by atoms with E-state index >= 15 is 0 Å². The van der Waals surface area contributed by atoms with Gasteiger partial charge in [-0.1, -0.05) is 12.1 Å². The third kappa shape index (κ3) is 4.83. The van der Waals surface area contributed by atoms with Crippen LogP contribution in [0, 0.1) is 11.3 Å². The lowest BCUT2D eigenvalue weighted by Gasteiger charge is -2.20. The van der Waals surface area contributed by atoms with Gasteiger partial charge < -0.3 is 20.0 Å². The molecule has 0 radical (unpaired) electrons. The summed E-state index contributed by atoms with van der Waals surface area (Å²) in [6.45, 7) is 0. The van der Waals surface area contributed by atoms with Crippen molar-refractivity contribution in [1.29, 1.82) is 5.26 Å². The van der Waals surface area contributed by atoms with Gasteiger partial charge in [0.25, 0.3) is 0 Å². The molecule has 0 atom stereocenters. The number of ketones is 1. The van der Waals surface area contributed by atoms with Crippen LogP contribution in [0.25, 0.3) is 0 Å². The second-order valence-electron chi connectivity index (χ2n) is 8.01. The quantitative estimate of drug-likeness (QED) is 0.498. The first kappa shape index (κ1) is 24.6.